The molecular formula is C49H58N10O10. The number of carbonyl (C=O) groups excluding carboxylic acids is 4. The van der Waals surface area contributed by atoms with Crippen molar-refractivity contribution in [1.29, 1.82) is 0 Å². The minimum absolute atomic E-state index is 0.0106. The standard InChI is InChI=1S/C49H58N10O10/c1-5-59-40(26-36(56-59)31-11-12-31)52-45-43-33-25-39(64-4)34(42-28(2)57-69-29(42)3)24-37(33)51-44(43)54-46(55-45)48(62)50-15-17-66-19-21-68-23-22-67-20-18-65-16-7-9-30-8-6-10-32-35(30)27-58(49(32)63)38-13-14-41(60)53-47(38)61/h6,8,10,24-26,31,38H,5,7,9,11-23,27H2,1-4H3,(H,50,62)(H,53,60,61)(H2,51,52,54,55). The molecule has 3 aliphatic rings. The normalized spacial score (nSPS) is 15.9. The summed E-state index contributed by atoms with van der Waals surface area (Å²) in [7, 11) is 1.62. The molecule has 4 amide bonds. The third-order valence-corrected chi connectivity index (χ3v) is 12.7. The topological polar surface area (TPSA) is 239 Å². The highest BCUT2D eigenvalue weighted by Crippen LogP contribution is 2.43. The number of aryl methyl sites for hydroxylation is 4. The number of hydrogen-bond acceptors (Lipinski definition) is 15. The van der Waals surface area contributed by atoms with Crippen LogP contribution >= 0.6 is 0 Å². The molecule has 1 aliphatic carbocycles. The van der Waals surface area contributed by atoms with Crippen LogP contribution in [0.15, 0.2) is 40.9 Å². The maximum Gasteiger partial charge on any atom is 0.289 e. The number of methoxy groups -OCH3 is 1. The molecule has 4 N–H and O–H groups in total. The fraction of sp³-hybridized carbons (Fsp3) is 0.469. The molecule has 9 rings (SSSR count). The number of imide groups is 1. The molecule has 1 saturated heterocycles. The van der Waals surface area contributed by atoms with E-state index in [0.717, 1.165) is 76.0 Å². The maximum absolute atomic E-state index is 13.6. The molecule has 4 aromatic heterocycles. The molecule has 0 bridgehead atoms. The van der Waals surface area contributed by atoms with Crippen LogP contribution in [0.1, 0.15) is 94.2 Å². The molecule has 0 spiro atoms. The number of benzene rings is 2. The second-order valence-electron chi connectivity index (χ2n) is 17.4. The van der Waals surface area contributed by atoms with Gasteiger partial charge < -0.3 is 48.7 Å². The zero-order valence-electron chi connectivity index (χ0n) is 39.4. The van der Waals surface area contributed by atoms with Crippen LogP contribution in [0.3, 0.4) is 0 Å². The predicted octanol–water partition coefficient (Wildman–Crippen LogP) is 5.42. The van der Waals surface area contributed by atoms with Gasteiger partial charge in [0.2, 0.25) is 17.6 Å². The van der Waals surface area contributed by atoms with Crippen molar-refractivity contribution in [2.75, 3.05) is 71.8 Å². The first-order valence-corrected chi connectivity index (χ1v) is 23.7. The third-order valence-electron chi connectivity index (χ3n) is 12.7. The molecule has 69 heavy (non-hydrogen) atoms. The number of piperidine rings is 1. The van der Waals surface area contributed by atoms with Gasteiger partial charge in [-0.1, -0.05) is 17.3 Å². The van der Waals surface area contributed by atoms with E-state index in [0.29, 0.717) is 106 Å². The summed E-state index contributed by atoms with van der Waals surface area (Å²) in [5.74, 6) is 1.64. The van der Waals surface area contributed by atoms with Crippen molar-refractivity contribution < 1.29 is 47.4 Å². The number of ether oxygens (including phenoxy) is 5. The van der Waals surface area contributed by atoms with Crippen molar-refractivity contribution in [3.05, 3.63) is 76.1 Å². The van der Waals surface area contributed by atoms with Gasteiger partial charge in [-0.25, -0.2) is 14.6 Å². The fourth-order valence-corrected chi connectivity index (χ4v) is 9.05. The smallest absolute Gasteiger partial charge is 0.289 e. The van der Waals surface area contributed by atoms with Crippen LogP contribution in [0.2, 0.25) is 0 Å². The van der Waals surface area contributed by atoms with Gasteiger partial charge in [-0.05, 0) is 82.2 Å². The van der Waals surface area contributed by atoms with Gasteiger partial charge in [-0.2, -0.15) is 5.10 Å². The van der Waals surface area contributed by atoms with Crippen LogP contribution in [0.25, 0.3) is 33.1 Å². The number of H-pyrrole nitrogens is 1. The zero-order valence-corrected chi connectivity index (χ0v) is 39.4. The Hall–Kier alpha value is -6.74. The summed E-state index contributed by atoms with van der Waals surface area (Å²) in [5.41, 5.74) is 7.30. The van der Waals surface area contributed by atoms with Crippen LogP contribution in [0.4, 0.5) is 11.6 Å². The highest BCUT2D eigenvalue weighted by molar-refractivity contribution is 6.14. The van der Waals surface area contributed by atoms with E-state index >= 15 is 0 Å². The van der Waals surface area contributed by atoms with Gasteiger partial charge in [-0.15, -0.1) is 0 Å². The van der Waals surface area contributed by atoms with E-state index < -0.39 is 17.9 Å². The van der Waals surface area contributed by atoms with E-state index in [-0.39, 0.29) is 37.2 Å². The largest absolute Gasteiger partial charge is 0.496 e. The van der Waals surface area contributed by atoms with Gasteiger partial charge >= 0.3 is 0 Å². The minimum Gasteiger partial charge on any atom is -0.496 e. The Morgan fingerprint density at radius 3 is 2.36 bits per heavy atom. The quantitative estimate of drug-likeness (QED) is 0.0438. The molecule has 0 radical (unpaired) electrons. The summed E-state index contributed by atoms with van der Waals surface area (Å²) >= 11 is 0. The number of nitrogens with one attached hydrogen (secondary N) is 4. The van der Waals surface area contributed by atoms with E-state index in [2.05, 4.69) is 32.2 Å². The van der Waals surface area contributed by atoms with Crippen molar-refractivity contribution in [3.63, 3.8) is 0 Å². The van der Waals surface area contributed by atoms with Crippen molar-refractivity contribution in [2.45, 2.75) is 84.3 Å². The van der Waals surface area contributed by atoms with Gasteiger partial charge in [0.05, 0.1) is 75.7 Å². The molecular weight excluding hydrogens is 889 g/mol. The molecule has 2 aliphatic heterocycles. The highest BCUT2D eigenvalue weighted by Gasteiger charge is 2.39. The minimum atomic E-state index is -0.632. The molecule has 364 valence electrons. The first kappa shape index (κ1) is 47.3. The average molecular weight is 947 g/mol. The lowest BCUT2D eigenvalue weighted by Crippen LogP contribution is -2.52. The molecule has 2 fully saturated rings. The van der Waals surface area contributed by atoms with Gasteiger partial charge in [0.15, 0.2) is 0 Å². The number of aromatic amines is 1. The average Bonchev–Trinajstić information content (AvgIpc) is 3.72. The predicted molar refractivity (Wildman–Crippen MR) is 252 cm³/mol. The Balaban J connectivity index is 0.697. The lowest BCUT2D eigenvalue weighted by Gasteiger charge is -2.29. The SMILES string of the molecule is CCn1nc(C2CC2)cc1Nc1nc(C(=O)NCCOCCOCCOCCOCCCc2cccc3c2CN(C2CCC(=O)NC2=O)C3=O)nc2[nH]c3cc(-c4c(C)noc4C)c(OC)cc3c12. The molecule has 20 nitrogen and oxygen atoms in total. The summed E-state index contributed by atoms with van der Waals surface area (Å²) in [6.45, 7) is 10.2. The Morgan fingerprint density at radius 2 is 1.67 bits per heavy atom. The second-order valence-corrected chi connectivity index (χ2v) is 17.4. The summed E-state index contributed by atoms with van der Waals surface area (Å²) in [5, 5.41) is 19.2. The zero-order chi connectivity index (χ0) is 48.0. The summed E-state index contributed by atoms with van der Waals surface area (Å²) in [6, 6.07) is 11.0. The molecule has 6 heterocycles. The van der Waals surface area contributed by atoms with Crippen molar-refractivity contribution in [1.82, 2.24) is 45.4 Å². The monoisotopic (exact) mass is 946 g/mol. The van der Waals surface area contributed by atoms with Gasteiger partial charge in [0, 0.05) is 66.7 Å². The number of hydrogen-bond donors (Lipinski definition) is 4. The lowest BCUT2D eigenvalue weighted by atomic mass is 10.00. The Kier molecular flexibility index (Phi) is 14.6. The van der Waals surface area contributed by atoms with Crippen LogP contribution in [0, 0.1) is 13.8 Å². The number of fused-ring (bicyclic) bond motifs is 4. The number of amides is 4. The third kappa shape index (κ3) is 10.5. The Labute approximate surface area is 398 Å². The van der Waals surface area contributed by atoms with E-state index in [1.807, 2.05) is 49.7 Å². The lowest BCUT2D eigenvalue weighted by molar-refractivity contribution is -0.136. The maximum atomic E-state index is 13.6. The fourth-order valence-electron chi connectivity index (χ4n) is 9.05. The van der Waals surface area contributed by atoms with Crippen LogP contribution in [0.5, 0.6) is 5.75 Å². The molecule has 1 unspecified atom stereocenters. The summed E-state index contributed by atoms with van der Waals surface area (Å²) in [6.07, 6.45) is 4.30. The molecule has 2 aromatic carbocycles. The Morgan fingerprint density at radius 1 is 0.913 bits per heavy atom. The molecule has 1 saturated carbocycles. The molecule has 20 heteroatoms. The number of rotatable bonds is 24. The number of aromatic nitrogens is 6. The van der Waals surface area contributed by atoms with Crippen molar-refractivity contribution in [3.8, 4) is 16.9 Å². The summed E-state index contributed by atoms with van der Waals surface area (Å²) in [4.78, 5) is 65.2. The summed E-state index contributed by atoms with van der Waals surface area (Å²) < 4.78 is 36.1. The number of carbonyl (C=O) groups is 4. The van der Waals surface area contributed by atoms with E-state index in [9.17, 15) is 19.2 Å². The molecule has 6 aromatic rings. The first-order valence-electron chi connectivity index (χ1n) is 23.7. The number of nitrogens with zero attached hydrogens (tertiary/aromatic N) is 6. The van der Waals surface area contributed by atoms with Crippen LogP contribution < -0.4 is 20.7 Å². The number of anilines is 2. The van der Waals surface area contributed by atoms with E-state index in [1.165, 1.54) is 0 Å². The second kappa shape index (κ2) is 21.3. The van der Waals surface area contributed by atoms with Gasteiger partial charge in [0.1, 0.15) is 34.8 Å². The van der Waals surface area contributed by atoms with E-state index in [1.54, 1.807) is 18.1 Å². The Bertz CT molecular complexity index is 2850. The highest BCUT2D eigenvalue weighted by atomic mass is 16.6. The van der Waals surface area contributed by atoms with E-state index in [4.69, 9.17) is 43.3 Å². The van der Waals surface area contributed by atoms with Crippen LogP contribution in [-0.4, -0.2) is 131 Å². The first-order chi connectivity index (χ1) is 33.6. The van der Waals surface area contributed by atoms with Crippen molar-refractivity contribution >= 4 is 57.2 Å². The van der Waals surface area contributed by atoms with Crippen LogP contribution in [-0.2, 0) is 48.0 Å². The van der Waals surface area contributed by atoms with Gasteiger partial charge in [0.25, 0.3) is 11.8 Å². The molecule has 1 atom stereocenters. The van der Waals surface area contributed by atoms with Gasteiger partial charge in [-0.3, -0.25) is 24.5 Å². The van der Waals surface area contributed by atoms with Crippen molar-refractivity contribution in [2.24, 2.45) is 0 Å².